The Balaban J connectivity index is -0.0000000383. The second-order valence-corrected chi connectivity index (χ2v) is 1.28. The molecular formula is C4H8K2O5. The third kappa shape index (κ3) is 68.5. The first-order valence-corrected chi connectivity index (χ1v) is 2.17. The molecule has 7 heteroatoms. The molecule has 0 aliphatic rings. The van der Waals surface area contributed by atoms with Crippen molar-refractivity contribution in [2.45, 2.75) is 13.0 Å². The van der Waals surface area contributed by atoms with Crippen molar-refractivity contribution in [1.82, 2.24) is 0 Å². The summed E-state index contributed by atoms with van der Waals surface area (Å²) >= 11 is 0. The molecule has 0 amide bonds. The van der Waals surface area contributed by atoms with Gasteiger partial charge in [0.15, 0.2) is 0 Å². The van der Waals surface area contributed by atoms with Crippen molar-refractivity contribution in [2.24, 2.45) is 0 Å². The van der Waals surface area contributed by atoms with Crippen molar-refractivity contribution >= 4 is 6.16 Å². The molecular weight excluding hydrogens is 206 g/mol. The van der Waals surface area contributed by atoms with Crippen LogP contribution < -0.4 is 113 Å². The summed E-state index contributed by atoms with van der Waals surface area (Å²) in [5.41, 5.74) is 0. The average Bonchev–Trinajstić information content (AvgIpc) is 1.65. The molecule has 0 aromatic carbocycles. The monoisotopic (exact) mass is 214 g/mol. The van der Waals surface area contributed by atoms with E-state index >= 15 is 0 Å². The minimum Gasteiger partial charge on any atom is -0.652 e. The summed E-state index contributed by atoms with van der Waals surface area (Å²) in [5.74, 6) is 0. The fourth-order valence-corrected chi connectivity index (χ4v) is 0. The van der Waals surface area contributed by atoms with Crippen LogP contribution in [0.3, 0.4) is 0 Å². The van der Waals surface area contributed by atoms with Gasteiger partial charge in [-0.1, -0.05) is 0 Å². The number of hydrogen-bond acceptors (Lipinski definition) is 5. The molecule has 1 atom stereocenters. The summed E-state index contributed by atoms with van der Waals surface area (Å²) in [6.45, 7) is 1.39. The van der Waals surface area contributed by atoms with Crippen LogP contribution in [0.4, 0.5) is 4.79 Å². The maximum absolute atomic E-state index is 8.33. The number of rotatable bonds is 1. The maximum Gasteiger partial charge on any atom is 1.00 e. The fraction of sp³-hybridized carbons (Fsp3) is 0.750. The van der Waals surface area contributed by atoms with Crippen molar-refractivity contribution in [3.8, 4) is 0 Å². The summed E-state index contributed by atoms with van der Waals surface area (Å²) in [4.78, 5) is 8.33. The molecule has 0 saturated carbocycles. The summed E-state index contributed by atoms with van der Waals surface area (Å²) < 4.78 is 0. The summed E-state index contributed by atoms with van der Waals surface area (Å²) in [7, 11) is 0. The maximum atomic E-state index is 8.33. The van der Waals surface area contributed by atoms with Crippen LogP contribution in [0.5, 0.6) is 0 Å². The molecule has 0 bridgehead atoms. The molecule has 0 radical (unpaired) electrons. The Bertz CT molecular complexity index is 72.9. The zero-order valence-corrected chi connectivity index (χ0v) is 13.1. The van der Waals surface area contributed by atoms with E-state index < -0.39 is 12.3 Å². The zero-order valence-electron chi connectivity index (χ0n) is 6.90. The molecule has 0 heterocycles. The second-order valence-electron chi connectivity index (χ2n) is 1.28. The number of carboxylic acid groups (broad SMARTS) is 2. The molecule has 0 aliphatic heterocycles. The van der Waals surface area contributed by atoms with Gasteiger partial charge in [-0.3, -0.25) is 0 Å². The van der Waals surface area contributed by atoms with Gasteiger partial charge in [0.05, 0.1) is 12.7 Å². The van der Waals surface area contributed by atoms with Crippen LogP contribution >= 0.6 is 0 Å². The topological polar surface area (TPSA) is 104 Å². The van der Waals surface area contributed by atoms with E-state index in [4.69, 9.17) is 25.2 Å². The Morgan fingerprint density at radius 3 is 1.55 bits per heavy atom. The third-order valence-electron chi connectivity index (χ3n) is 0.264. The Morgan fingerprint density at radius 1 is 1.45 bits per heavy atom. The van der Waals surface area contributed by atoms with Gasteiger partial charge in [0.2, 0.25) is 0 Å². The van der Waals surface area contributed by atoms with Gasteiger partial charge in [0.1, 0.15) is 0 Å². The Kier molecular flexibility index (Phi) is 38.8. The molecule has 56 valence electrons. The zero-order chi connectivity index (χ0) is 7.86. The van der Waals surface area contributed by atoms with Gasteiger partial charge in [-0.2, -0.15) is 0 Å². The molecule has 0 rings (SSSR count). The van der Waals surface area contributed by atoms with Gasteiger partial charge in [0, 0.05) is 0 Å². The van der Waals surface area contributed by atoms with E-state index in [1.807, 2.05) is 0 Å². The van der Waals surface area contributed by atoms with Crippen LogP contribution in [-0.2, 0) is 0 Å². The van der Waals surface area contributed by atoms with E-state index in [9.17, 15) is 0 Å². The minimum atomic E-state index is -2.33. The third-order valence-corrected chi connectivity index (χ3v) is 0.264. The van der Waals surface area contributed by atoms with Gasteiger partial charge in [-0.25, -0.2) is 0 Å². The van der Waals surface area contributed by atoms with Crippen LogP contribution in [0.25, 0.3) is 0 Å². The summed E-state index contributed by atoms with van der Waals surface area (Å²) in [5, 5.41) is 32.7. The number of carbonyl (C=O) groups excluding carboxylic acids is 1. The van der Waals surface area contributed by atoms with Crippen LogP contribution in [0.1, 0.15) is 6.92 Å². The number of hydrogen-bond donors (Lipinski definition) is 2. The number of aliphatic hydroxyl groups is 2. The van der Waals surface area contributed by atoms with Crippen LogP contribution in [-0.4, -0.2) is 29.1 Å². The van der Waals surface area contributed by atoms with Crippen LogP contribution in [0.15, 0.2) is 0 Å². The molecule has 0 fully saturated rings. The molecule has 0 aromatic heterocycles. The van der Waals surface area contributed by atoms with Gasteiger partial charge in [-0.05, 0) is 13.1 Å². The van der Waals surface area contributed by atoms with Crippen LogP contribution in [0.2, 0.25) is 0 Å². The first-order chi connectivity index (χ1) is 4.00. The van der Waals surface area contributed by atoms with Crippen molar-refractivity contribution in [2.75, 3.05) is 6.61 Å². The molecule has 11 heavy (non-hydrogen) atoms. The van der Waals surface area contributed by atoms with Gasteiger partial charge in [0.25, 0.3) is 0 Å². The van der Waals surface area contributed by atoms with Gasteiger partial charge >= 0.3 is 103 Å². The smallest absolute Gasteiger partial charge is 0.652 e. The van der Waals surface area contributed by atoms with E-state index in [1.165, 1.54) is 6.92 Å². The largest absolute Gasteiger partial charge is 1.00 e. The van der Waals surface area contributed by atoms with Crippen LogP contribution in [0, 0.1) is 0 Å². The molecule has 0 aromatic rings. The predicted octanol–water partition coefficient (Wildman–Crippen LogP) is -9.08. The molecule has 5 nitrogen and oxygen atoms in total. The van der Waals surface area contributed by atoms with Crippen molar-refractivity contribution in [3.63, 3.8) is 0 Å². The van der Waals surface area contributed by atoms with E-state index in [-0.39, 0.29) is 109 Å². The quantitative estimate of drug-likeness (QED) is 0.422. The summed E-state index contributed by atoms with van der Waals surface area (Å²) in [6, 6.07) is 0. The second kappa shape index (κ2) is 18.3. The predicted molar refractivity (Wildman–Crippen MR) is 24.2 cm³/mol. The van der Waals surface area contributed by atoms with Gasteiger partial charge < -0.3 is 25.2 Å². The normalized spacial score (nSPS) is 9.00. The van der Waals surface area contributed by atoms with E-state index in [1.54, 1.807) is 0 Å². The Morgan fingerprint density at radius 2 is 1.55 bits per heavy atom. The number of aliphatic hydroxyl groups excluding tert-OH is 2. The molecule has 0 aliphatic carbocycles. The van der Waals surface area contributed by atoms with Gasteiger partial charge in [-0.15, -0.1) is 0 Å². The molecule has 0 saturated heterocycles. The first kappa shape index (κ1) is 23.4. The van der Waals surface area contributed by atoms with Crippen molar-refractivity contribution in [3.05, 3.63) is 0 Å². The summed E-state index contributed by atoms with van der Waals surface area (Å²) in [6.07, 6.45) is -2.89. The average molecular weight is 214 g/mol. The number of carbonyl (C=O) groups is 1. The minimum absolute atomic E-state index is 0. The molecule has 2 N–H and O–H groups in total. The Hall–Kier alpha value is 2.46. The van der Waals surface area contributed by atoms with E-state index in [0.717, 1.165) is 0 Å². The molecule has 1 unspecified atom stereocenters. The SMILES string of the molecule is CC(O)CO.O=C([O-])[O-].[K+].[K+]. The first-order valence-electron chi connectivity index (χ1n) is 2.17. The van der Waals surface area contributed by atoms with E-state index in [0.29, 0.717) is 0 Å². The van der Waals surface area contributed by atoms with Crippen molar-refractivity contribution < 1.29 is 128 Å². The van der Waals surface area contributed by atoms with Crippen molar-refractivity contribution in [1.29, 1.82) is 0 Å². The van der Waals surface area contributed by atoms with E-state index in [2.05, 4.69) is 0 Å². The molecule has 0 spiro atoms. The standard InChI is InChI=1S/C3H8O2.CH2O3.2K/c1-3(5)2-4;2-1(3)4;;/h3-5H,2H2,1H3;(H2,2,3,4);;/q;;2*+1/p-2. The Labute approximate surface area is 150 Å². The fourth-order valence-electron chi connectivity index (χ4n) is 0.